The topological polar surface area (TPSA) is 53.4 Å². The van der Waals surface area contributed by atoms with Crippen LogP contribution in [0.5, 0.6) is 0 Å². The second kappa shape index (κ2) is 4.76. The van der Waals surface area contributed by atoms with Crippen molar-refractivity contribution in [3.8, 4) is 0 Å². The number of esters is 1. The maximum atomic E-state index is 11.4. The first-order chi connectivity index (χ1) is 6.69. The number of hydrogen-bond acceptors (Lipinski definition) is 4. The molecule has 0 saturated carbocycles. The molecule has 1 rings (SSSR count). The first kappa shape index (κ1) is 10.7. The minimum absolute atomic E-state index is 0.357. The number of rotatable bonds is 4. The highest BCUT2D eigenvalue weighted by atomic mass is 16.5. The van der Waals surface area contributed by atoms with E-state index < -0.39 is 0 Å². The Bertz CT molecular complexity index is 320. The number of methoxy groups -OCH3 is 1. The zero-order valence-corrected chi connectivity index (χ0v) is 8.61. The molecular weight excluding hydrogens is 184 g/mol. The third-order valence-electron chi connectivity index (χ3n) is 1.71. The van der Waals surface area contributed by atoms with Crippen LogP contribution >= 0.6 is 0 Å². The summed E-state index contributed by atoms with van der Waals surface area (Å²) in [4.78, 5) is 11.4. The highest BCUT2D eigenvalue weighted by Crippen LogP contribution is 2.05. The average molecular weight is 198 g/mol. The van der Waals surface area contributed by atoms with Gasteiger partial charge < -0.3 is 9.47 Å². The summed E-state index contributed by atoms with van der Waals surface area (Å²) >= 11 is 0. The molecule has 0 spiro atoms. The molecule has 0 unspecified atom stereocenters. The maximum absolute atomic E-state index is 11.4. The molecule has 0 saturated heterocycles. The van der Waals surface area contributed by atoms with Gasteiger partial charge in [-0.15, -0.1) is 0 Å². The first-order valence-corrected chi connectivity index (χ1v) is 4.38. The summed E-state index contributed by atoms with van der Waals surface area (Å²) in [5.41, 5.74) is 1.16. The lowest BCUT2D eigenvalue weighted by molar-refractivity contribution is 0.0513. The van der Waals surface area contributed by atoms with Crippen LogP contribution in [0.2, 0.25) is 0 Å². The van der Waals surface area contributed by atoms with Crippen LogP contribution < -0.4 is 0 Å². The van der Waals surface area contributed by atoms with Crippen molar-refractivity contribution in [2.75, 3.05) is 13.7 Å². The molecule has 0 aliphatic heterocycles. The molecular formula is C9H14N2O3. The van der Waals surface area contributed by atoms with E-state index in [1.165, 1.54) is 4.68 Å². The van der Waals surface area contributed by atoms with Gasteiger partial charge in [-0.2, -0.15) is 5.10 Å². The Morgan fingerprint density at radius 2 is 2.36 bits per heavy atom. The van der Waals surface area contributed by atoms with E-state index in [0.29, 0.717) is 18.9 Å². The van der Waals surface area contributed by atoms with Crippen molar-refractivity contribution >= 4 is 5.97 Å². The SMILES string of the molecule is CCOC(=O)c1cc(COC)nn1C. The summed E-state index contributed by atoms with van der Waals surface area (Å²) in [6.45, 7) is 2.53. The second-order valence-corrected chi connectivity index (χ2v) is 2.80. The number of hydrogen-bond donors (Lipinski definition) is 0. The lowest BCUT2D eigenvalue weighted by Gasteiger charge is -1.99. The van der Waals surface area contributed by atoms with Crippen LogP contribution in [0.25, 0.3) is 0 Å². The van der Waals surface area contributed by atoms with Gasteiger partial charge in [0.1, 0.15) is 5.69 Å². The van der Waals surface area contributed by atoms with Crippen molar-refractivity contribution < 1.29 is 14.3 Å². The van der Waals surface area contributed by atoms with Crippen LogP contribution in [-0.2, 0) is 23.1 Å². The van der Waals surface area contributed by atoms with Crippen LogP contribution in [0.4, 0.5) is 0 Å². The third-order valence-corrected chi connectivity index (χ3v) is 1.71. The van der Waals surface area contributed by atoms with Crippen molar-refractivity contribution in [3.05, 3.63) is 17.5 Å². The van der Waals surface area contributed by atoms with E-state index >= 15 is 0 Å². The summed E-state index contributed by atoms with van der Waals surface area (Å²) in [6.07, 6.45) is 0. The van der Waals surface area contributed by atoms with Gasteiger partial charge in [0, 0.05) is 14.2 Å². The number of aromatic nitrogens is 2. The molecule has 5 heteroatoms. The Kier molecular flexibility index (Phi) is 3.64. The molecule has 0 fully saturated rings. The molecule has 0 radical (unpaired) electrons. The highest BCUT2D eigenvalue weighted by Gasteiger charge is 2.13. The molecule has 5 nitrogen and oxygen atoms in total. The predicted octanol–water partition coefficient (Wildman–Crippen LogP) is 0.743. The fourth-order valence-electron chi connectivity index (χ4n) is 1.14. The smallest absolute Gasteiger partial charge is 0.356 e. The largest absolute Gasteiger partial charge is 0.461 e. The molecule has 0 bridgehead atoms. The molecule has 0 aliphatic rings. The van der Waals surface area contributed by atoms with Crippen LogP contribution in [0.3, 0.4) is 0 Å². The number of ether oxygens (including phenoxy) is 2. The summed E-state index contributed by atoms with van der Waals surface area (Å²) in [7, 11) is 3.28. The Morgan fingerprint density at radius 1 is 1.64 bits per heavy atom. The second-order valence-electron chi connectivity index (χ2n) is 2.80. The zero-order chi connectivity index (χ0) is 10.6. The molecule has 78 valence electrons. The van der Waals surface area contributed by atoms with Crippen molar-refractivity contribution in [3.63, 3.8) is 0 Å². The normalized spacial score (nSPS) is 10.2. The van der Waals surface area contributed by atoms with Gasteiger partial charge >= 0.3 is 5.97 Å². The molecule has 14 heavy (non-hydrogen) atoms. The molecule has 0 aromatic carbocycles. The van der Waals surface area contributed by atoms with E-state index in [1.807, 2.05) is 0 Å². The van der Waals surface area contributed by atoms with Crippen LogP contribution in [0.15, 0.2) is 6.07 Å². The van der Waals surface area contributed by atoms with Gasteiger partial charge in [-0.3, -0.25) is 4.68 Å². The van der Waals surface area contributed by atoms with Gasteiger partial charge in [0.2, 0.25) is 0 Å². The Balaban J connectivity index is 2.81. The molecule has 0 N–H and O–H groups in total. The van der Waals surface area contributed by atoms with Crippen molar-refractivity contribution in [1.29, 1.82) is 0 Å². The molecule has 1 aromatic heterocycles. The molecule has 1 aromatic rings. The van der Waals surface area contributed by atoms with E-state index in [4.69, 9.17) is 9.47 Å². The predicted molar refractivity (Wildman–Crippen MR) is 49.9 cm³/mol. The Hall–Kier alpha value is -1.36. The van der Waals surface area contributed by atoms with Crippen molar-refractivity contribution in [2.24, 2.45) is 7.05 Å². The molecule has 0 atom stereocenters. The maximum Gasteiger partial charge on any atom is 0.356 e. The standard InChI is InChI=1S/C9H14N2O3/c1-4-14-9(12)8-5-7(6-13-3)10-11(8)2/h5H,4,6H2,1-3H3. The molecule has 1 heterocycles. The number of nitrogens with zero attached hydrogens (tertiary/aromatic N) is 2. The highest BCUT2D eigenvalue weighted by molar-refractivity contribution is 5.87. The third kappa shape index (κ3) is 2.32. The summed E-state index contributed by atoms with van der Waals surface area (Å²) in [5.74, 6) is -0.357. The summed E-state index contributed by atoms with van der Waals surface area (Å²) in [6, 6.07) is 1.67. The minimum atomic E-state index is -0.357. The van der Waals surface area contributed by atoms with E-state index in [9.17, 15) is 4.79 Å². The van der Waals surface area contributed by atoms with E-state index in [1.54, 1.807) is 27.1 Å². The lowest BCUT2D eigenvalue weighted by Crippen LogP contribution is -2.10. The van der Waals surface area contributed by atoms with Crippen LogP contribution in [0, 0.1) is 0 Å². The van der Waals surface area contributed by atoms with E-state index in [-0.39, 0.29) is 5.97 Å². The summed E-state index contributed by atoms with van der Waals surface area (Å²) < 4.78 is 11.3. The molecule has 0 aliphatic carbocycles. The number of carbonyl (C=O) groups is 1. The van der Waals surface area contributed by atoms with Gasteiger partial charge in [-0.25, -0.2) is 4.79 Å². The van der Waals surface area contributed by atoms with Gasteiger partial charge in [0.05, 0.1) is 18.9 Å². The van der Waals surface area contributed by atoms with Crippen LogP contribution in [0.1, 0.15) is 23.1 Å². The monoisotopic (exact) mass is 198 g/mol. The van der Waals surface area contributed by atoms with Gasteiger partial charge in [0.15, 0.2) is 0 Å². The van der Waals surface area contributed by atoms with Gasteiger partial charge in [-0.1, -0.05) is 0 Å². The van der Waals surface area contributed by atoms with Gasteiger partial charge in [0.25, 0.3) is 0 Å². The van der Waals surface area contributed by atoms with E-state index in [0.717, 1.165) is 5.69 Å². The summed E-state index contributed by atoms with van der Waals surface area (Å²) in [5, 5.41) is 4.09. The number of carbonyl (C=O) groups excluding carboxylic acids is 1. The zero-order valence-electron chi connectivity index (χ0n) is 8.61. The van der Waals surface area contributed by atoms with E-state index in [2.05, 4.69) is 5.10 Å². The van der Waals surface area contributed by atoms with Gasteiger partial charge in [-0.05, 0) is 13.0 Å². The Labute approximate surface area is 82.6 Å². The number of aryl methyl sites for hydroxylation is 1. The fourth-order valence-corrected chi connectivity index (χ4v) is 1.14. The minimum Gasteiger partial charge on any atom is -0.461 e. The average Bonchev–Trinajstić information content (AvgIpc) is 2.48. The van der Waals surface area contributed by atoms with Crippen molar-refractivity contribution in [2.45, 2.75) is 13.5 Å². The van der Waals surface area contributed by atoms with Crippen molar-refractivity contribution in [1.82, 2.24) is 9.78 Å². The quantitative estimate of drug-likeness (QED) is 0.670. The fraction of sp³-hybridized carbons (Fsp3) is 0.556. The first-order valence-electron chi connectivity index (χ1n) is 4.38. The van der Waals surface area contributed by atoms with Crippen LogP contribution in [-0.4, -0.2) is 29.5 Å². The molecule has 0 amide bonds. The lowest BCUT2D eigenvalue weighted by atomic mass is 10.3. The Morgan fingerprint density at radius 3 is 2.93 bits per heavy atom.